The first kappa shape index (κ1) is 11.8. The normalized spacial score (nSPS) is 11.0. The van der Waals surface area contributed by atoms with Crippen LogP contribution in [-0.2, 0) is 13.0 Å². The van der Waals surface area contributed by atoms with Crippen LogP contribution in [0.25, 0.3) is 10.9 Å². The molecule has 3 rings (SSSR count). The molecule has 2 nitrogen and oxygen atoms in total. The molecule has 0 saturated heterocycles. The fraction of sp³-hybridized carbons (Fsp3) is 0.176. The second-order valence-corrected chi connectivity index (χ2v) is 5.02. The second kappa shape index (κ2) is 4.81. The van der Waals surface area contributed by atoms with Crippen molar-refractivity contribution in [2.24, 2.45) is 0 Å². The summed E-state index contributed by atoms with van der Waals surface area (Å²) in [4.78, 5) is 0. The summed E-state index contributed by atoms with van der Waals surface area (Å²) in [6, 6.07) is 16.8. The molecule has 3 aromatic rings. The van der Waals surface area contributed by atoms with Crippen LogP contribution in [0.2, 0.25) is 0 Å². The minimum atomic E-state index is 0.884. The minimum Gasteiger partial charge on any atom is -0.399 e. The Balaban J connectivity index is 1.84. The molecule has 0 radical (unpaired) electrons. The Morgan fingerprint density at radius 3 is 2.74 bits per heavy atom. The zero-order chi connectivity index (χ0) is 13.2. The molecule has 2 aromatic carbocycles. The number of aromatic nitrogens is 1. The fourth-order valence-electron chi connectivity index (χ4n) is 2.52. The molecule has 2 N–H and O–H groups in total. The SMILES string of the molecule is Cc1ccc2c(ccn2CCc2ccccc2N)c1. The van der Waals surface area contributed by atoms with Gasteiger partial charge < -0.3 is 10.3 Å². The molecule has 96 valence electrons. The van der Waals surface area contributed by atoms with Crippen molar-refractivity contribution in [2.75, 3.05) is 5.73 Å². The standard InChI is InChI=1S/C17H18N2/c1-13-6-7-17-15(12-13)9-11-19(17)10-8-14-4-2-3-5-16(14)18/h2-7,9,11-12H,8,10,18H2,1H3. The Labute approximate surface area is 113 Å². The molecule has 1 heterocycles. The van der Waals surface area contributed by atoms with Gasteiger partial charge in [0, 0.05) is 23.9 Å². The van der Waals surface area contributed by atoms with Gasteiger partial charge >= 0.3 is 0 Å². The van der Waals surface area contributed by atoms with Gasteiger partial charge in [-0.1, -0.05) is 29.8 Å². The largest absolute Gasteiger partial charge is 0.399 e. The Morgan fingerprint density at radius 2 is 1.89 bits per heavy atom. The summed E-state index contributed by atoms with van der Waals surface area (Å²) >= 11 is 0. The summed E-state index contributed by atoms with van der Waals surface area (Å²) in [7, 11) is 0. The molecule has 19 heavy (non-hydrogen) atoms. The van der Waals surface area contributed by atoms with Gasteiger partial charge in [-0.05, 0) is 48.6 Å². The third kappa shape index (κ3) is 2.34. The molecule has 2 heteroatoms. The number of rotatable bonds is 3. The molecule has 0 aliphatic carbocycles. The van der Waals surface area contributed by atoms with E-state index in [1.54, 1.807) is 0 Å². The molecule has 0 fully saturated rings. The minimum absolute atomic E-state index is 0.884. The van der Waals surface area contributed by atoms with E-state index < -0.39 is 0 Å². The molecule has 0 saturated carbocycles. The van der Waals surface area contributed by atoms with Crippen molar-refractivity contribution in [1.29, 1.82) is 0 Å². The molecule has 0 aliphatic heterocycles. The quantitative estimate of drug-likeness (QED) is 0.705. The van der Waals surface area contributed by atoms with E-state index in [-0.39, 0.29) is 0 Å². The van der Waals surface area contributed by atoms with Gasteiger partial charge in [-0.2, -0.15) is 0 Å². The Hall–Kier alpha value is -2.22. The van der Waals surface area contributed by atoms with Gasteiger partial charge in [0.1, 0.15) is 0 Å². The number of hydrogen-bond donors (Lipinski definition) is 1. The third-order valence-corrected chi connectivity index (χ3v) is 3.60. The average Bonchev–Trinajstić information content (AvgIpc) is 2.80. The maximum atomic E-state index is 5.98. The van der Waals surface area contributed by atoms with Gasteiger partial charge in [0.15, 0.2) is 0 Å². The number of hydrogen-bond acceptors (Lipinski definition) is 1. The fourth-order valence-corrected chi connectivity index (χ4v) is 2.52. The van der Waals surface area contributed by atoms with Gasteiger partial charge in [0.25, 0.3) is 0 Å². The van der Waals surface area contributed by atoms with Crippen molar-refractivity contribution in [3.63, 3.8) is 0 Å². The van der Waals surface area contributed by atoms with E-state index in [0.717, 1.165) is 18.7 Å². The molecule has 0 spiro atoms. The third-order valence-electron chi connectivity index (χ3n) is 3.60. The van der Waals surface area contributed by atoms with E-state index in [1.807, 2.05) is 18.2 Å². The van der Waals surface area contributed by atoms with Crippen LogP contribution in [0.1, 0.15) is 11.1 Å². The molecule has 0 unspecified atom stereocenters. The predicted octanol–water partition coefficient (Wildman–Crippen LogP) is 3.77. The van der Waals surface area contributed by atoms with E-state index in [9.17, 15) is 0 Å². The molecular weight excluding hydrogens is 232 g/mol. The number of aryl methyl sites for hydroxylation is 3. The van der Waals surface area contributed by atoms with Gasteiger partial charge in [0.05, 0.1) is 0 Å². The topological polar surface area (TPSA) is 30.9 Å². The van der Waals surface area contributed by atoms with E-state index in [2.05, 4.69) is 48.0 Å². The molecule has 0 amide bonds. The van der Waals surface area contributed by atoms with Crippen LogP contribution in [0.3, 0.4) is 0 Å². The first-order valence-electron chi connectivity index (χ1n) is 6.63. The van der Waals surface area contributed by atoms with Crippen molar-refractivity contribution >= 4 is 16.6 Å². The second-order valence-electron chi connectivity index (χ2n) is 5.02. The van der Waals surface area contributed by atoms with E-state index in [1.165, 1.54) is 22.0 Å². The van der Waals surface area contributed by atoms with Crippen LogP contribution in [0, 0.1) is 6.92 Å². The van der Waals surface area contributed by atoms with Crippen LogP contribution < -0.4 is 5.73 Å². The Bertz CT molecular complexity index is 710. The molecule has 0 bridgehead atoms. The highest BCUT2D eigenvalue weighted by Gasteiger charge is 2.03. The number of nitrogens with two attached hydrogens (primary N) is 1. The molecule has 0 aliphatic rings. The highest BCUT2D eigenvalue weighted by atomic mass is 14.9. The zero-order valence-electron chi connectivity index (χ0n) is 11.1. The molecule has 0 atom stereocenters. The van der Waals surface area contributed by atoms with Crippen molar-refractivity contribution in [2.45, 2.75) is 19.9 Å². The Kier molecular flexibility index (Phi) is 3.00. The van der Waals surface area contributed by atoms with Crippen molar-refractivity contribution in [1.82, 2.24) is 4.57 Å². The lowest BCUT2D eigenvalue weighted by atomic mass is 10.1. The summed E-state index contributed by atoms with van der Waals surface area (Å²) in [5.41, 5.74) is 10.7. The number of nitrogens with zero attached hydrogens (tertiary/aromatic N) is 1. The zero-order valence-corrected chi connectivity index (χ0v) is 11.1. The van der Waals surface area contributed by atoms with E-state index in [4.69, 9.17) is 5.73 Å². The monoisotopic (exact) mass is 250 g/mol. The number of nitrogen functional groups attached to an aromatic ring is 1. The maximum absolute atomic E-state index is 5.98. The van der Waals surface area contributed by atoms with Crippen molar-refractivity contribution < 1.29 is 0 Å². The van der Waals surface area contributed by atoms with Crippen LogP contribution in [-0.4, -0.2) is 4.57 Å². The maximum Gasteiger partial charge on any atom is 0.0480 e. The number of fused-ring (bicyclic) bond motifs is 1. The van der Waals surface area contributed by atoms with Crippen LogP contribution in [0.5, 0.6) is 0 Å². The predicted molar refractivity (Wildman–Crippen MR) is 81.2 cm³/mol. The first-order chi connectivity index (χ1) is 9.24. The van der Waals surface area contributed by atoms with Crippen LogP contribution in [0.15, 0.2) is 54.7 Å². The summed E-state index contributed by atoms with van der Waals surface area (Å²) in [5.74, 6) is 0. The van der Waals surface area contributed by atoms with E-state index in [0.29, 0.717) is 0 Å². The smallest absolute Gasteiger partial charge is 0.0480 e. The highest BCUT2D eigenvalue weighted by Crippen LogP contribution is 2.19. The average molecular weight is 250 g/mol. The summed E-state index contributed by atoms with van der Waals surface area (Å²) in [6.07, 6.45) is 3.12. The van der Waals surface area contributed by atoms with Crippen LogP contribution in [0.4, 0.5) is 5.69 Å². The lowest BCUT2D eigenvalue weighted by Gasteiger charge is -2.08. The number of anilines is 1. The van der Waals surface area contributed by atoms with Gasteiger partial charge in [0.2, 0.25) is 0 Å². The molecular formula is C17H18N2. The summed E-state index contributed by atoms with van der Waals surface area (Å²) < 4.78 is 2.29. The number of benzene rings is 2. The van der Waals surface area contributed by atoms with Crippen molar-refractivity contribution in [3.05, 3.63) is 65.9 Å². The Morgan fingerprint density at radius 1 is 1.05 bits per heavy atom. The van der Waals surface area contributed by atoms with Crippen molar-refractivity contribution in [3.8, 4) is 0 Å². The highest BCUT2D eigenvalue weighted by molar-refractivity contribution is 5.80. The van der Waals surface area contributed by atoms with E-state index >= 15 is 0 Å². The summed E-state index contributed by atoms with van der Waals surface area (Å²) in [6.45, 7) is 3.09. The van der Waals surface area contributed by atoms with Gasteiger partial charge in [-0.25, -0.2) is 0 Å². The molecule has 1 aromatic heterocycles. The summed E-state index contributed by atoms with van der Waals surface area (Å²) in [5, 5.41) is 1.31. The van der Waals surface area contributed by atoms with Gasteiger partial charge in [-0.3, -0.25) is 0 Å². The lowest BCUT2D eigenvalue weighted by molar-refractivity contribution is 0.724. The van der Waals surface area contributed by atoms with Gasteiger partial charge in [-0.15, -0.1) is 0 Å². The lowest BCUT2D eigenvalue weighted by Crippen LogP contribution is -2.02. The number of para-hydroxylation sites is 1. The first-order valence-corrected chi connectivity index (χ1v) is 6.63. The van der Waals surface area contributed by atoms with Crippen LogP contribution >= 0.6 is 0 Å².